The molecule has 0 radical (unpaired) electrons. The minimum absolute atomic E-state index is 0.107. The van der Waals surface area contributed by atoms with Crippen molar-refractivity contribution in [2.75, 3.05) is 25.5 Å². The highest BCUT2D eigenvalue weighted by molar-refractivity contribution is 5.82. The molecule has 3 aliphatic rings. The van der Waals surface area contributed by atoms with E-state index >= 15 is 0 Å². The van der Waals surface area contributed by atoms with Gasteiger partial charge in [-0.2, -0.15) is 0 Å². The third-order valence-corrected chi connectivity index (χ3v) is 6.42. The number of carbonyl (C=O) groups is 1. The SMILES string of the molecule is COc1ccc2cc1CN1CCCC1C(=O)NCCCc1ccc(cn1)-c1ccnc(c1)N2. The number of fused-ring (bicyclic) bond motifs is 6. The number of aryl methyl sites for hydroxylation is 1. The second-order valence-electron chi connectivity index (χ2n) is 8.64. The van der Waals surface area contributed by atoms with Crippen molar-refractivity contribution < 1.29 is 9.53 Å². The Kier molecular flexibility index (Phi) is 6.21. The summed E-state index contributed by atoms with van der Waals surface area (Å²) < 4.78 is 5.63. The average molecular weight is 444 g/mol. The van der Waals surface area contributed by atoms with Crippen LogP contribution in [0.5, 0.6) is 5.75 Å². The van der Waals surface area contributed by atoms with Crippen LogP contribution in [0.15, 0.2) is 54.9 Å². The van der Waals surface area contributed by atoms with E-state index in [9.17, 15) is 4.79 Å². The molecule has 1 saturated heterocycles. The van der Waals surface area contributed by atoms with Crippen molar-refractivity contribution in [2.24, 2.45) is 0 Å². The number of nitrogens with zero attached hydrogens (tertiary/aromatic N) is 3. The lowest BCUT2D eigenvalue weighted by atomic mass is 10.1. The molecule has 170 valence electrons. The van der Waals surface area contributed by atoms with E-state index in [1.165, 1.54) is 0 Å². The lowest BCUT2D eigenvalue weighted by Crippen LogP contribution is -2.43. The van der Waals surface area contributed by atoms with Gasteiger partial charge < -0.3 is 15.4 Å². The quantitative estimate of drug-likeness (QED) is 0.593. The van der Waals surface area contributed by atoms with Crippen molar-refractivity contribution in [3.05, 3.63) is 66.1 Å². The normalized spacial score (nSPS) is 18.9. The number of hydrogen-bond donors (Lipinski definition) is 2. The van der Waals surface area contributed by atoms with Crippen LogP contribution in [0.1, 0.15) is 30.5 Å². The van der Waals surface area contributed by atoms with Crippen LogP contribution in [0, 0.1) is 0 Å². The minimum Gasteiger partial charge on any atom is -0.496 e. The summed E-state index contributed by atoms with van der Waals surface area (Å²) in [6, 6.07) is 14.1. The largest absolute Gasteiger partial charge is 0.496 e. The third kappa shape index (κ3) is 4.83. The Hall–Kier alpha value is -3.45. The summed E-state index contributed by atoms with van der Waals surface area (Å²) >= 11 is 0. The van der Waals surface area contributed by atoms with Gasteiger partial charge in [0.1, 0.15) is 11.6 Å². The number of methoxy groups -OCH3 is 1. The third-order valence-electron chi connectivity index (χ3n) is 6.42. The number of pyridine rings is 2. The molecule has 0 saturated carbocycles. The van der Waals surface area contributed by atoms with Crippen LogP contribution < -0.4 is 15.4 Å². The van der Waals surface area contributed by atoms with Gasteiger partial charge in [-0.25, -0.2) is 4.98 Å². The van der Waals surface area contributed by atoms with Crippen molar-refractivity contribution in [2.45, 2.75) is 38.3 Å². The van der Waals surface area contributed by atoms with Gasteiger partial charge in [0.05, 0.1) is 13.2 Å². The Morgan fingerprint density at radius 2 is 2.00 bits per heavy atom. The molecule has 2 aromatic heterocycles. The van der Waals surface area contributed by atoms with Crippen molar-refractivity contribution in [3.8, 4) is 16.9 Å². The van der Waals surface area contributed by atoms with Gasteiger partial charge in [0.25, 0.3) is 0 Å². The molecule has 1 fully saturated rings. The van der Waals surface area contributed by atoms with E-state index in [2.05, 4.69) is 43.7 Å². The van der Waals surface area contributed by atoms with E-state index in [0.717, 1.165) is 71.9 Å². The fraction of sp³-hybridized carbons (Fsp3) is 0.346. The Morgan fingerprint density at radius 3 is 2.85 bits per heavy atom. The van der Waals surface area contributed by atoms with Crippen molar-refractivity contribution >= 4 is 17.4 Å². The maximum atomic E-state index is 12.9. The number of hydrogen-bond acceptors (Lipinski definition) is 6. The first-order valence-electron chi connectivity index (χ1n) is 11.6. The number of amides is 1. The molecule has 5 heterocycles. The number of ether oxygens (including phenoxy) is 1. The van der Waals surface area contributed by atoms with E-state index in [-0.39, 0.29) is 11.9 Å². The average Bonchev–Trinajstić information content (AvgIpc) is 3.30. The van der Waals surface area contributed by atoms with E-state index < -0.39 is 0 Å². The second kappa shape index (κ2) is 9.58. The van der Waals surface area contributed by atoms with Crippen LogP contribution in [-0.2, 0) is 17.8 Å². The second-order valence-corrected chi connectivity index (χ2v) is 8.64. The molecule has 7 heteroatoms. The van der Waals surface area contributed by atoms with Crippen molar-refractivity contribution in [1.82, 2.24) is 20.2 Å². The maximum absolute atomic E-state index is 12.9. The van der Waals surface area contributed by atoms with Gasteiger partial charge >= 0.3 is 0 Å². The summed E-state index contributed by atoms with van der Waals surface area (Å²) in [5.41, 5.74) is 5.12. The maximum Gasteiger partial charge on any atom is 0.237 e. The molecular formula is C26H29N5O2. The van der Waals surface area contributed by atoms with E-state index in [4.69, 9.17) is 4.74 Å². The Morgan fingerprint density at radius 1 is 1.06 bits per heavy atom. The van der Waals surface area contributed by atoms with Gasteiger partial charge in [0, 0.05) is 48.0 Å². The van der Waals surface area contributed by atoms with Crippen LogP contribution in [0.25, 0.3) is 11.1 Å². The van der Waals surface area contributed by atoms with Crippen molar-refractivity contribution in [3.63, 3.8) is 0 Å². The summed E-state index contributed by atoms with van der Waals surface area (Å²) in [5, 5.41) is 6.56. The number of anilines is 2. The molecule has 3 aromatic rings. The molecule has 6 bridgehead atoms. The molecule has 6 rings (SSSR count). The summed E-state index contributed by atoms with van der Waals surface area (Å²) in [6.45, 7) is 2.22. The fourth-order valence-electron chi connectivity index (χ4n) is 4.68. The molecular weight excluding hydrogens is 414 g/mol. The monoisotopic (exact) mass is 443 g/mol. The molecule has 1 aromatic carbocycles. The zero-order chi connectivity index (χ0) is 22.6. The number of aromatic nitrogens is 2. The molecule has 33 heavy (non-hydrogen) atoms. The van der Waals surface area contributed by atoms with E-state index in [0.29, 0.717) is 13.1 Å². The van der Waals surface area contributed by atoms with Crippen LogP contribution in [0.2, 0.25) is 0 Å². The first-order valence-corrected chi connectivity index (χ1v) is 11.6. The molecule has 0 aliphatic carbocycles. The summed E-state index contributed by atoms with van der Waals surface area (Å²) in [6.07, 6.45) is 7.32. The van der Waals surface area contributed by atoms with E-state index in [1.807, 2.05) is 36.7 Å². The van der Waals surface area contributed by atoms with E-state index in [1.54, 1.807) is 7.11 Å². The number of carbonyl (C=O) groups excluding carboxylic acids is 1. The van der Waals surface area contributed by atoms with Gasteiger partial charge in [-0.05, 0) is 74.2 Å². The van der Waals surface area contributed by atoms with Crippen LogP contribution >= 0.6 is 0 Å². The van der Waals surface area contributed by atoms with Crippen LogP contribution in [0.4, 0.5) is 11.5 Å². The van der Waals surface area contributed by atoms with Crippen molar-refractivity contribution in [1.29, 1.82) is 0 Å². The Labute approximate surface area is 194 Å². The zero-order valence-corrected chi connectivity index (χ0v) is 18.9. The molecule has 0 spiro atoms. The number of nitrogens with one attached hydrogen (secondary N) is 2. The molecule has 1 amide bonds. The lowest BCUT2D eigenvalue weighted by Gasteiger charge is -2.25. The molecule has 7 nitrogen and oxygen atoms in total. The Balaban J connectivity index is 1.50. The lowest BCUT2D eigenvalue weighted by molar-refractivity contribution is -0.125. The smallest absolute Gasteiger partial charge is 0.237 e. The standard InChI is InChI=1S/C26H29N5O2/c1-33-24-9-8-22-14-20(24)17-31-13-3-5-23(31)26(32)28-11-2-4-21-7-6-19(16-29-21)18-10-12-27-25(15-18)30-22/h6-10,12,14-16,23H,2-5,11,13,17H2,1H3,(H,27,30)(H,28,32). The number of benzene rings is 1. The summed E-state index contributed by atoms with van der Waals surface area (Å²) in [5.74, 6) is 1.70. The van der Waals surface area contributed by atoms with Crippen LogP contribution in [0.3, 0.4) is 0 Å². The predicted octanol–water partition coefficient (Wildman–Crippen LogP) is 3.92. The molecule has 1 unspecified atom stereocenters. The molecule has 3 aliphatic heterocycles. The first kappa shape index (κ1) is 21.4. The Bertz CT molecular complexity index is 1130. The first-order chi connectivity index (χ1) is 16.2. The van der Waals surface area contributed by atoms with Gasteiger partial charge in [0.2, 0.25) is 5.91 Å². The molecule has 2 N–H and O–H groups in total. The van der Waals surface area contributed by atoms with Gasteiger partial charge in [-0.3, -0.25) is 14.7 Å². The number of rotatable bonds is 1. The topological polar surface area (TPSA) is 79.4 Å². The van der Waals surface area contributed by atoms with Gasteiger partial charge in [0.15, 0.2) is 0 Å². The molecule has 1 atom stereocenters. The predicted molar refractivity (Wildman–Crippen MR) is 129 cm³/mol. The zero-order valence-electron chi connectivity index (χ0n) is 18.9. The van der Waals surface area contributed by atoms with Crippen LogP contribution in [-0.4, -0.2) is 47.0 Å². The minimum atomic E-state index is -0.107. The summed E-state index contributed by atoms with van der Waals surface area (Å²) in [7, 11) is 1.69. The highest BCUT2D eigenvalue weighted by Gasteiger charge is 2.31. The highest BCUT2D eigenvalue weighted by Crippen LogP contribution is 2.30. The highest BCUT2D eigenvalue weighted by atomic mass is 16.5. The fourth-order valence-corrected chi connectivity index (χ4v) is 4.68. The van der Waals surface area contributed by atoms with Gasteiger partial charge in [-0.1, -0.05) is 6.07 Å². The summed E-state index contributed by atoms with van der Waals surface area (Å²) in [4.78, 5) is 24.3. The van der Waals surface area contributed by atoms with Gasteiger partial charge in [-0.15, -0.1) is 0 Å².